The van der Waals surface area contributed by atoms with Crippen molar-refractivity contribution in [1.82, 2.24) is 15.5 Å². The Balaban J connectivity index is 3.77. The number of urea groups is 1. The van der Waals surface area contributed by atoms with E-state index >= 15 is 0 Å². The van der Waals surface area contributed by atoms with Gasteiger partial charge in [-0.05, 0) is 5.92 Å². The van der Waals surface area contributed by atoms with E-state index in [4.69, 9.17) is 0 Å². The standard InChI is InChI=1S/C9H19N3O2/c1-7(2)5-11-8(13)6-12(4)9(14)10-3/h7H,5-6H2,1-4H3,(H,10,14)(H,11,13). The van der Waals surface area contributed by atoms with Gasteiger partial charge in [-0.25, -0.2) is 4.79 Å². The number of hydrogen-bond donors (Lipinski definition) is 2. The van der Waals surface area contributed by atoms with E-state index in [1.54, 1.807) is 7.05 Å². The van der Waals surface area contributed by atoms with Crippen molar-refractivity contribution in [3.63, 3.8) is 0 Å². The summed E-state index contributed by atoms with van der Waals surface area (Å²) in [5.74, 6) is 0.286. The molecule has 0 radical (unpaired) electrons. The summed E-state index contributed by atoms with van der Waals surface area (Å²) in [5.41, 5.74) is 0. The van der Waals surface area contributed by atoms with Gasteiger partial charge in [-0.3, -0.25) is 4.79 Å². The number of rotatable bonds is 4. The van der Waals surface area contributed by atoms with Crippen LogP contribution in [0.4, 0.5) is 4.79 Å². The van der Waals surface area contributed by atoms with Crippen molar-refractivity contribution in [2.45, 2.75) is 13.8 Å². The van der Waals surface area contributed by atoms with Gasteiger partial charge in [0.05, 0.1) is 0 Å². The third kappa shape index (κ3) is 5.40. The molecule has 0 aromatic carbocycles. The Morgan fingerprint density at radius 2 is 1.93 bits per heavy atom. The van der Waals surface area contributed by atoms with Gasteiger partial charge in [-0.1, -0.05) is 13.8 Å². The monoisotopic (exact) mass is 201 g/mol. The first-order valence-electron chi connectivity index (χ1n) is 4.67. The van der Waals surface area contributed by atoms with Crippen LogP contribution >= 0.6 is 0 Å². The van der Waals surface area contributed by atoms with Crippen molar-refractivity contribution in [3.05, 3.63) is 0 Å². The van der Waals surface area contributed by atoms with Crippen LogP contribution in [-0.2, 0) is 4.79 Å². The van der Waals surface area contributed by atoms with Crippen LogP contribution < -0.4 is 10.6 Å². The molecule has 14 heavy (non-hydrogen) atoms. The van der Waals surface area contributed by atoms with Crippen LogP contribution in [0.15, 0.2) is 0 Å². The van der Waals surface area contributed by atoms with Gasteiger partial charge in [0.25, 0.3) is 0 Å². The SMILES string of the molecule is CNC(=O)N(C)CC(=O)NCC(C)C. The minimum Gasteiger partial charge on any atom is -0.354 e. The lowest BCUT2D eigenvalue weighted by Crippen LogP contribution is -2.42. The van der Waals surface area contributed by atoms with E-state index in [9.17, 15) is 9.59 Å². The van der Waals surface area contributed by atoms with Gasteiger partial charge in [0.2, 0.25) is 5.91 Å². The maximum absolute atomic E-state index is 11.2. The average molecular weight is 201 g/mol. The summed E-state index contributed by atoms with van der Waals surface area (Å²) in [6.45, 7) is 4.76. The Bertz CT molecular complexity index is 204. The molecule has 0 heterocycles. The van der Waals surface area contributed by atoms with Crippen LogP contribution in [0.25, 0.3) is 0 Å². The molecule has 0 bridgehead atoms. The number of amides is 3. The molecule has 0 saturated carbocycles. The predicted molar refractivity (Wildman–Crippen MR) is 54.9 cm³/mol. The van der Waals surface area contributed by atoms with Gasteiger partial charge in [-0.2, -0.15) is 0 Å². The van der Waals surface area contributed by atoms with Crippen LogP contribution in [0, 0.1) is 5.92 Å². The van der Waals surface area contributed by atoms with E-state index in [2.05, 4.69) is 10.6 Å². The van der Waals surface area contributed by atoms with E-state index in [1.807, 2.05) is 13.8 Å². The largest absolute Gasteiger partial charge is 0.354 e. The van der Waals surface area contributed by atoms with Gasteiger partial charge in [0, 0.05) is 20.6 Å². The molecule has 82 valence electrons. The lowest BCUT2D eigenvalue weighted by Gasteiger charge is -2.16. The topological polar surface area (TPSA) is 61.4 Å². The van der Waals surface area contributed by atoms with Crippen LogP contribution in [0.3, 0.4) is 0 Å². The Hall–Kier alpha value is -1.26. The third-order valence-corrected chi connectivity index (χ3v) is 1.65. The molecule has 5 nitrogen and oxygen atoms in total. The summed E-state index contributed by atoms with van der Waals surface area (Å²) >= 11 is 0. The molecule has 0 spiro atoms. The molecule has 2 N–H and O–H groups in total. The summed E-state index contributed by atoms with van der Waals surface area (Å²) in [7, 11) is 3.11. The summed E-state index contributed by atoms with van der Waals surface area (Å²) in [4.78, 5) is 23.6. The van der Waals surface area contributed by atoms with Gasteiger partial charge in [-0.15, -0.1) is 0 Å². The molecule has 0 unspecified atom stereocenters. The highest BCUT2D eigenvalue weighted by atomic mass is 16.2. The normalized spacial score (nSPS) is 9.79. The van der Waals surface area contributed by atoms with Crippen molar-refractivity contribution >= 4 is 11.9 Å². The summed E-state index contributed by atoms with van der Waals surface area (Å²) in [5, 5.41) is 5.17. The van der Waals surface area contributed by atoms with E-state index in [0.29, 0.717) is 12.5 Å². The third-order valence-electron chi connectivity index (χ3n) is 1.65. The number of nitrogens with zero attached hydrogens (tertiary/aromatic N) is 1. The molecule has 0 aliphatic carbocycles. The van der Waals surface area contributed by atoms with Gasteiger partial charge in [0.15, 0.2) is 0 Å². The maximum Gasteiger partial charge on any atom is 0.317 e. The number of carbonyl (C=O) groups excluding carboxylic acids is 2. The second kappa shape index (κ2) is 6.23. The maximum atomic E-state index is 11.2. The lowest BCUT2D eigenvalue weighted by molar-refractivity contribution is -0.121. The van der Waals surface area contributed by atoms with Crippen LogP contribution in [0.2, 0.25) is 0 Å². The molecule has 0 atom stereocenters. The second-order valence-corrected chi connectivity index (χ2v) is 3.61. The Labute approximate surface area is 84.8 Å². The quantitative estimate of drug-likeness (QED) is 0.674. The average Bonchev–Trinajstić information content (AvgIpc) is 2.13. The molecule has 0 fully saturated rings. The Morgan fingerprint density at radius 3 is 2.36 bits per heavy atom. The molecule has 3 amide bonds. The highest BCUT2D eigenvalue weighted by Crippen LogP contribution is 1.88. The molecular formula is C9H19N3O2. The van der Waals surface area contributed by atoms with Crippen LogP contribution in [-0.4, -0.2) is 44.0 Å². The highest BCUT2D eigenvalue weighted by molar-refractivity contribution is 5.83. The van der Waals surface area contributed by atoms with Crippen molar-refractivity contribution in [3.8, 4) is 0 Å². The first-order chi connectivity index (χ1) is 6.47. The summed E-state index contributed by atoms with van der Waals surface area (Å²) < 4.78 is 0. The Kier molecular flexibility index (Phi) is 5.67. The lowest BCUT2D eigenvalue weighted by atomic mass is 10.2. The number of nitrogens with one attached hydrogen (secondary N) is 2. The fraction of sp³-hybridized carbons (Fsp3) is 0.778. The molecule has 0 rings (SSSR count). The predicted octanol–water partition coefficient (Wildman–Crippen LogP) is 0.0298. The first-order valence-corrected chi connectivity index (χ1v) is 4.67. The van der Waals surface area contributed by atoms with E-state index in [1.165, 1.54) is 11.9 Å². The zero-order chi connectivity index (χ0) is 11.1. The van der Waals surface area contributed by atoms with Crippen molar-refractivity contribution in [2.24, 2.45) is 5.92 Å². The molecule has 0 aliphatic heterocycles. The summed E-state index contributed by atoms with van der Waals surface area (Å²) in [6.07, 6.45) is 0. The minimum atomic E-state index is -0.260. The zero-order valence-corrected chi connectivity index (χ0v) is 9.26. The minimum absolute atomic E-state index is 0.0897. The number of carbonyl (C=O) groups is 2. The molecular weight excluding hydrogens is 182 g/mol. The van der Waals surface area contributed by atoms with Gasteiger partial charge < -0.3 is 15.5 Å². The van der Waals surface area contributed by atoms with Crippen molar-refractivity contribution in [1.29, 1.82) is 0 Å². The zero-order valence-electron chi connectivity index (χ0n) is 9.26. The molecule has 0 aliphatic rings. The first kappa shape index (κ1) is 12.7. The highest BCUT2D eigenvalue weighted by Gasteiger charge is 2.10. The fourth-order valence-corrected chi connectivity index (χ4v) is 0.852. The van der Waals surface area contributed by atoms with Gasteiger partial charge >= 0.3 is 6.03 Å². The van der Waals surface area contributed by atoms with Crippen molar-refractivity contribution < 1.29 is 9.59 Å². The van der Waals surface area contributed by atoms with Crippen LogP contribution in [0.1, 0.15) is 13.8 Å². The van der Waals surface area contributed by atoms with E-state index in [0.717, 1.165) is 0 Å². The van der Waals surface area contributed by atoms with Crippen LogP contribution in [0.5, 0.6) is 0 Å². The van der Waals surface area contributed by atoms with E-state index in [-0.39, 0.29) is 18.5 Å². The number of likely N-dealkylation sites (N-methyl/N-ethyl adjacent to an activating group) is 1. The molecule has 5 heteroatoms. The molecule has 0 saturated heterocycles. The second-order valence-electron chi connectivity index (χ2n) is 3.61. The smallest absolute Gasteiger partial charge is 0.317 e. The molecule has 0 aromatic heterocycles. The van der Waals surface area contributed by atoms with Crippen molar-refractivity contribution in [2.75, 3.05) is 27.2 Å². The fourth-order valence-electron chi connectivity index (χ4n) is 0.852. The van der Waals surface area contributed by atoms with Gasteiger partial charge in [0.1, 0.15) is 6.54 Å². The Morgan fingerprint density at radius 1 is 1.36 bits per heavy atom. The molecule has 0 aromatic rings. The number of hydrogen-bond acceptors (Lipinski definition) is 2. The summed E-state index contributed by atoms with van der Waals surface area (Å²) in [6, 6.07) is -0.260. The van der Waals surface area contributed by atoms with E-state index < -0.39 is 0 Å².